The first-order chi connectivity index (χ1) is 10.1. The third-order valence-corrected chi connectivity index (χ3v) is 3.70. The van der Waals surface area contributed by atoms with E-state index in [0.717, 1.165) is 12.1 Å². The summed E-state index contributed by atoms with van der Waals surface area (Å²) in [4.78, 5) is 12.1. The summed E-state index contributed by atoms with van der Waals surface area (Å²) in [5, 5.41) is 2.18. The zero-order valence-corrected chi connectivity index (χ0v) is 11.7. The van der Waals surface area contributed by atoms with Crippen molar-refractivity contribution in [1.82, 2.24) is 0 Å². The van der Waals surface area contributed by atoms with Gasteiger partial charge in [-0.25, -0.2) is 13.2 Å². The van der Waals surface area contributed by atoms with Gasteiger partial charge in [0.15, 0.2) is 0 Å². The molecule has 0 radical (unpaired) electrons. The van der Waals surface area contributed by atoms with Gasteiger partial charge < -0.3 is 5.32 Å². The number of carbonyl (C=O) groups excluding carboxylic acids is 1. The number of halogens is 3. The summed E-state index contributed by atoms with van der Waals surface area (Å²) in [7, 11) is 0. The molecule has 0 aromatic heterocycles. The molecular formula is C15H12F3NOS. The van der Waals surface area contributed by atoms with Crippen LogP contribution in [0.25, 0.3) is 0 Å². The van der Waals surface area contributed by atoms with E-state index in [9.17, 15) is 18.0 Å². The molecule has 0 saturated heterocycles. The average Bonchev–Trinajstić information content (AvgIpc) is 2.45. The van der Waals surface area contributed by atoms with Gasteiger partial charge in [-0.05, 0) is 24.3 Å². The number of anilines is 1. The van der Waals surface area contributed by atoms with Crippen molar-refractivity contribution >= 4 is 23.4 Å². The van der Waals surface area contributed by atoms with E-state index in [-0.39, 0.29) is 12.2 Å². The molecule has 2 aromatic carbocycles. The van der Waals surface area contributed by atoms with Crippen LogP contribution in [0.4, 0.5) is 18.9 Å². The van der Waals surface area contributed by atoms with Gasteiger partial charge in [0.1, 0.15) is 23.1 Å². The Morgan fingerprint density at radius 1 is 0.952 bits per heavy atom. The Hall–Kier alpha value is -1.95. The molecule has 0 unspecified atom stereocenters. The highest BCUT2D eigenvalue weighted by Gasteiger charge is 2.12. The molecule has 0 bridgehead atoms. The molecule has 2 aromatic rings. The summed E-state index contributed by atoms with van der Waals surface area (Å²) in [5.74, 6) is -2.23. The van der Waals surface area contributed by atoms with Crippen LogP contribution in [-0.4, -0.2) is 11.7 Å². The molecule has 6 heteroatoms. The number of benzene rings is 2. The van der Waals surface area contributed by atoms with E-state index in [1.54, 1.807) is 18.2 Å². The first-order valence-corrected chi connectivity index (χ1v) is 7.17. The fraction of sp³-hybridized carbons (Fsp3) is 0.133. The van der Waals surface area contributed by atoms with Crippen molar-refractivity contribution in [2.24, 2.45) is 0 Å². The normalized spacial score (nSPS) is 10.4. The minimum absolute atomic E-state index is 0.0206. The van der Waals surface area contributed by atoms with Crippen LogP contribution in [0.15, 0.2) is 47.4 Å². The van der Waals surface area contributed by atoms with Crippen molar-refractivity contribution < 1.29 is 18.0 Å². The second kappa shape index (κ2) is 7.17. The number of hydrogen-bond donors (Lipinski definition) is 1. The molecule has 2 rings (SSSR count). The Balaban J connectivity index is 1.87. The van der Waals surface area contributed by atoms with Gasteiger partial charge in [-0.3, -0.25) is 4.79 Å². The van der Waals surface area contributed by atoms with E-state index in [1.807, 2.05) is 0 Å². The van der Waals surface area contributed by atoms with Crippen molar-refractivity contribution in [3.63, 3.8) is 0 Å². The molecule has 21 heavy (non-hydrogen) atoms. The fourth-order valence-electron chi connectivity index (χ4n) is 1.63. The van der Waals surface area contributed by atoms with Crippen LogP contribution in [0.1, 0.15) is 6.42 Å². The summed E-state index contributed by atoms with van der Waals surface area (Å²) in [6, 6.07) is 9.55. The van der Waals surface area contributed by atoms with Gasteiger partial charge in [-0.2, -0.15) is 0 Å². The third kappa shape index (κ3) is 4.26. The molecule has 110 valence electrons. The molecule has 0 atom stereocenters. The first-order valence-electron chi connectivity index (χ1n) is 6.19. The highest BCUT2D eigenvalue weighted by atomic mass is 32.2. The van der Waals surface area contributed by atoms with Crippen LogP contribution in [0.2, 0.25) is 0 Å². The van der Waals surface area contributed by atoms with Gasteiger partial charge in [-0.1, -0.05) is 18.2 Å². The zero-order valence-electron chi connectivity index (χ0n) is 10.9. The Bertz CT molecular complexity index is 628. The lowest BCUT2D eigenvalue weighted by atomic mass is 10.3. The zero-order chi connectivity index (χ0) is 15.2. The monoisotopic (exact) mass is 311 g/mol. The van der Waals surface area contributed by atoms with Crippen LogP contribution in [0, 0.1) is 17.5 Å². The maximum Gasteiger partial charge on any atom is 0.225 e. The van der Waals surface area contributed by atoms with Gasteiger partial charge >= 0.3 is 0 Å². The third-order valence-electron chi connectivity index (χ3n) is 2.65. The summed E-state index contributed by atoms with van der Waals surface area (Å²) in [6.07, 6.45) is 0.0206. The van der Waals surface area contributed by atoms with E-state index >= 15 is 0 Å². The van der Waals surface area contributed by atoms with Gasteiger partial charge in [-0.15, -0.1) is 11.8 Å². The largest absolute Gasteiger partial charge is 0.321 e. The Kier molecular flexibility index (Phi) is 5.27. The summed E-state index contributed by atoms with van der Waals surface area (Å²) >= 11 is 1.17. The maximum absolute atomic E-state index is 13.3. The standard InChI is InChI=1S/C15H12F3NOS/c16-10-4-1-2-7-13(10)21-9-8-14(20)19-15-11(17)5-3-6-12(15)18/h1-7H,8-9H2,(H,19,20). The second-order valence-electron chi connectivity index (χ2n) is 4.17. The summed E-state index contributed by atoms with van der Waals surface area (Å²) in [5.41, 5.74) is -0.460. The number of amides is 1. The highest BCUT2D eigenvalue weighted by Crippen LogP contribution is 2.22. The van der Waals surface area contributed by atoms with Crippen LogP contribution < -0.4 is 5.32 Å². The van der Waals surface area contributed by atoms with E-state index in [0.29, 0.717) is 10.6 Å². The highest BCUT2D eigenvalue weighted by molar-refractivity contribution is 7.99. The van der Waals surface area contributed by atoms with E-state index in [1.165, 1.54) is 23.9 Å². The predicted octanol–water partition coefficient (Wildman–Crippen LogP) is 4.22. The van der Waals surface area contributed by atoms with E-state index < -0.39 is 23.2 Å². The minimum Gasteiger partial charge on any atom is -0.321 e. The molecule has 0 spiro atoms. The van der Waals surface area contributed by atoms with Crippen molar-refractivity contribution in [2.75, 3.05) is 11.1 Å². The number of rotatable bonds is 5. The Morgan fingerprint density at radius 3 is 2.24 bits per heavy atom. The predicted molar refractivity (Wildman–Crippen MR) is 76.7 cm³/mol. The minimum atomic E-state index is -0.829. The number of hydrogen-bond acceptors (Lipinski definition) is 2. The molecular weight excluding hydrogens is 299 g/mol. The van der Waals surface area contributed by atoms with Crippen molar-refractivity contribution in [3.05, 3.63) is 59.9 Å². The SMILES string of the molecule is O=C(CCSc1ccccc1F)Nc1c(F)cccc1F. The summed E-state index contributed by atoms with van der Waals surface area (Å²) in [6.45, 7) is 0. The Morgan fingerprint density at radius 2 is 1.57 bits per heavy atom. The number of carbonyl (C=O) groups is 1. The smallest absolute Gasteiger partial charge is 0.225 e. The molecule has 0 aliphatic carbocycles. The topological polar surface area (TPSA) is 29.1 Å². The van der Waals surface area contributed by atoms with Gasteiger partial charge in [0.2, 0.25) is 5.91 Å². The van der Waals surface area contributed by atoms with Crippen LogP contribution in [0.3, 0.4) is 0 Å². The molecule has 0 fully saturated rings. The second-order valence-corrected chi connectivity index (χ2v) is 5.31. The molecule has 0 heterocycles. The summed E-state index contributed by atoms with van der Waals surface area (Å²) < 4.78 is 40.0. The Labute approximate surface area is 124 Å². The lowest BCUT2D eigenvalue weighted by Gasteiger charge is -2.07. The van der Waals surface area contributed by atoms with Crippen molar-refractivity contribution in [3.8, 4) is 0 Å². The first kappa shape index (κ1) is 15.4. The number of nitrogens with one attached hydrogen (secondary N) is 1. The van der Waals surface area contributed by atoms with Crippen LogP contribution in [-0.2, 0) is 4.79 Å². The average molecular weight is 311 g/mol. The molecule has 0 saturated carbocycles. The lowest BCUT2D eigenvalue weighted by Crippen LogP contribution is -2.14. The quantitative estimate of drug-likeness (QED) is 0.838. The van der Waals surface area contributed by atoms with Gasteiger partial charge in [0, 0.05) is 17.1 Å². The van der Waals surface area contributed by atoms with Crippen molar-refractivity contribution in [2.45, 2.75) is 11.3 Å². The lowest BCUT2D eigenvalue weighted by molar-refractivity contribution is -0.115. The van der Waals surface area contributed by atoms with Gasteiger partial charge in [0.25, 0.3) is 0 Å². The van der Waals surface area contributed by atoms with E-state index in [2.05, 4.69) is 5.32 Å². The molecule has 1 N–H and O–H groups in total. The van der Waals surface area contributed by atoms with Gasteiger partial charge in [0.05, 0.1) is 0 Å². The fourth-order valence-corrected chi connectivity index (χ4v) is 2.52. The van der Waals surface area contributed by atoms with Crippen molar-refractivity contribution in [1.29, 1.82) is 0 Å². The van der Waals surface area contributed by atoms with Crippen LogP contribution >= 0.6 is 11.8 Å². The molecule has 0 aliphatic heterocycles. The van der Waals surface area contributed by atoms with E-state index in [4.69, 9.17) is 0 Å². The molecule has 2 nitrogen and oxygen atoms in total. The number of thioether (sulfide) groups is 1. The maximum atomic E-state index is 13.3. The molecule has 0 aliphatic rings. The van der Waals surface area contributed by atoms with Crippen LogP contribution in [0.5, 0.6) is 0 Å². The molecule has 1 amide bonds. The number of para-hydroxylation sites is 1.